The zero-order valence-electron chi connectivity index (χ0n) is 8.88. The second-order valence-corrected chi connectivity index (χ2v) is 4.30. The minimum Gasteiger partial charge on any atom is -0.246 e. The van der Waals surface area contributed by atoms with Gasteiger partial charge in [0.05, 0.1) is 0 Å². The summed E-state index contributed by atoms with van der Waals surface area (Å²) in [5.41, 5.74) is 0. The monoisotopic (exact) mass is 213 g/mol. The Labute approximate surface area is 88.1 Å². The molecule has 5 nitrogen and oxygen atoms in total. The van der Waals surface area contributed by atoms with Crippen LogP contribution in [-0.4, -0.2) is 53.4 Å². The molecule has 1 aliphatic rings. The van der Waals surface area contributed by atoms with Gasteiger partial charge in [0, 0.05) is 39.8 Å². The second-order valence-electron chi connectivity index (χ2n) is 3.37. The number of rotatable bonds is 1. The number of hydrogen-bond donors (Lipinski definition) is 0. The molecule has 0 aromatic carbocycles. The molecule has 0 aliphatic carbocycles. The lowest BCUT2D eigenvalue weighted by molar-refractivity contribution is -0.125. The second kappa shape index (κ2) is 3.56. The third kappa shape index (κ3) is 1.35. The van der Waals surface area contributed by atoms with E-state index in [0.29, 0.717) is 0 Å². The first-order valence-corrected chi connectivity index (χ1v) is 5.33. The number of aromatic nitrogens is 1. The number of hydrazine groups is 3. The average molecular weight is 213 g/mol. The molecule has 1 aromatic heterocycles. The van der Waals surface area contributed by atoms with Crippen LogP contribution in [-0.2, 0) is 0 Å². The predicted molar refractivity (Wildman–Crippen MR) is 55.9 cm³/mol. The fourth-order valence-electron chi connectivity index (χ4n) is 1.65. The maximum absolute atomic E-state index is 4.35. The van der Waals surface area contributed by atoms with Crippen molar-refractivity contribution in [2.45, 2.75) is 6.17 Å². The van der Waals surface area contributed by atoms with Gasteiger partial charge >= 0.3 is 0 Å². The van der Waals surface area contributed by atoms with Gasteiger partial charge in [-0.25, -0.2) is 15.0 Å². The van der Waals surface area contributed by atoms with Gasteiger partial charge in [0.1, 0.15) is 11.2 Å². The summed E-state index contributed by atoms with van der Waals surface area (Å²) in [6.07, 6.45) is 2.06. The van der Waals surface area contributed by atoms with Crippen LogP contribution < -0.4 is 0 Å². The summed E-state index contributed by atoms with van der Waals surface area (Å²) in [4.78, 5) is 4.35. The summed E-state index contributed by atoms with van der Waals surface area (Å²) in [5, 5.41) is 11.6. The standard InChI is InChI=1S/C8H15N5S/c1-10-8(7-9-5-6-14-7)11(2)13(4)12(10)3/h5-6,8H,1-4H3. The van der Waals surface area contributed by atoms with Crippen LogP contribution in [0, 0.1) is 0 Å². The van der Waals surface area contributed by atoms with Crippen molar-refractivity contribution < 1.29 is 0 Å². The molecule has 0 unspecified atom stereocenters. The van der Waals surface area contributed by atoms with Crippen LogP contribution in [0.15, 0.2) is 11.6 Å². The highest BCUT2D eigenvalue weighted by Crippen LogP contribution is 2.31. The van der Waals surface area contributed by atoms with Crippen molar-refractivity contribution in [1.29, 1.82) is 0 Å². The lowest BCUT2D eigenvalue weighted by atomic mass is 10.5. The van der Waals surface area contributed by atoms with Gasteiger partial charge in [-0.3, -0.25) is 0 Å². The zero-order chi connectivity index (χ0) is 10.3. The molecule has 6 heteroatoms. The van der Waals surface area contributed by atoms with Crippen LogP contribution >= 0.6 is 11.3 Å². The Bertz CT molecular complexity index is 287. The zero-order valence-corrected chi connectivity index (χ0v) is 9.69. The molecule has 14 heavy (non-hydrogen) atoms. The Hall–Kier alpha value is -0.530. The van der Waals surface area contributed by atoms with Crippen LogP contribution in [0.2, 0.25) is 0 Å². The lowest BCUT2D eigenvalue weighted by Gasteiger charge is -2.24. The van der Waals surface area contributed by atoms with Crippen LogP contribution in [0.3, 0.4) is 0 Å². The van der Waals surface area contributed by atoms with Gasteiger partial charge in [-0.1, -0.05) is 0 Å². The van der Waals surface area contributed by atoms with Crippen LogP contribution in [0.1, 0.15) is 11.2 Å². The highest BCUT2D eigenvalue weighted by molar-refractivity contribution is 7.09. The van der Waals surface area contributed by atoms with Gasteiger partial charge < -0.3 is 0 Å². The van der Waals surface area contributed by atoms with Crippen molar-refractivity contribution in [2.75, 3.05) is 28.2 Å². The smallest absolute Gasteiger partial charge is 0.143 e. The highest BCUT2D eigenvalue weighted by Gasteiger charge is 2.38. The minimum atomic E-state index is 0.213. The van der Waals surface area contributed by atoms with Gasteiger partial charge in [0.15, 0.2) is 0 Å². The molecule has 78 valence electrons. The third-order valence-corrected chi connectivity index (χ3v) is 3.53. The van der Waals surface area contributed by atoms with Crippen LogP contribution in [0.4, 0.5) is 0 Å². The fourth-order valence-corrected chi connectivity index (χ4v) is 2.46. The molecule has 0 saturated carbocycles. The number of nitrogens with zero attached hydrogens (tertiary/aromatic N) is 5. The van der Waals surface area contributed by atoms with Crippen LogP contribution in [0.5, 0.6) is 0 Å². The average Bonchev–Trinajstić information content (AvgIpc) is 2.73. The van der Waals surface area contributed by atoms with E-state index in [2.05, 4.69) is 39.3 Å². The molecule has 0 spiro atoms. The summed E-state index contributed by atoms with van der Waals surface area (Å²) < 4.78 is 0. The maximum Gasteiger partial charge on any atom is 0.143 e. The molecular weight excluding hydrogens is 198 g/mol. The molecule has 2 rings (SSSR count). The SMILES string of the molecule is CN1C(c2nccs2)N(C)N(C)N1C. The number of thiazole rings is 1. The van der Waals surface area contributed by atoms with Gasteiger partial charge in [0.25, 0.3) is 0 Å². The first kappa shape index (κ1) is 10.0. The van der Waals surface area contributed by atoms with Crippen molar-refractivity contribution in [3.05, 3.63) is 16.6 Å². The fraction of sp³-hybridized carbons (Fsp3) is 0.625. The molecular formula is C8H15N5S. The van der Waals surface area contributed by atoms with E-state index in [-0.39, 0.29) is 6.17 Å². The van der Waals surface area contributed by atoms with Crippen molar-refractivity contribution in [1.82, 2.24) is 25.2 Å². The molecule has 1 fully saturated rings. The van der Waals surface area contributed by atoms with Crippen LogP contribution in [0.25, 0.3) is 0 Å². The largest absolute Gasteiger partial charge is 0.246 e. The molecule has 1 aliphatic heterocycles. The topological polar surface area (TPSA) is 25.9 Å². The van der Waals surface area contributed by atoms with Gasteiger partial charge in [-0.05, 0) is 0 Å². The first-order chi connectivity index (χ1) is 6.63. The minimum absolute atomic E-state index is 0.213. The third-order valence-electron chi connectivity index (χ3n) is 2.71. The van der Waals surface area contributed by atoms with Crippen molar-refractivity contribution in [3.8, 4) is 0 Å². The molecule has 0 atom stereocenters. The van der Waals surface area contributed by atoms with Gasteiger partial charge in [-0.15, -0.1) is 11.3 Å². The molecule has 0 N–H and O–H groups in total. The summed E-state index contributed by atoms with van der Waals surface area (Å²) in [5.74, 6) is 0. The summed E-state index contributed by atoms with van der Waals surface area (Å²) in [6, 6.07) is 0. The Morgan fingerprint density at radius 2 is 1.71 bits per heavy atom. The normalized spacial score (nSPS) is 23.7. The highest BCUT2D eigenvalue weighted by atomic mass is 32.1. The molecule has 1 saturated heterocycles. The van der Waals surface area contributed by atoms with Gasteiger partial charge in [0.2, 0.25) is 0 Å². The van der Waals surface area contributed by atoms with E-state index >= 15 is 0 Å². The Balaban J connectivity index is 2.28. The maximum atomic E-state index is 4.35. The van der Waals surface area contributed by atoms with E-state index in [1.54, 1.807) is 11.3 Å². The molecule has 0 amide bonds. The molecule has 0 bridgehead atoms. The predicted octanol–water partition coefficient (Wildman–Crippen LogP) is 0.628. The van der Waals surface area contributed by atoms with E-state index in [9.17, 15) is 0 Å². The van der Waals surface area contributed by atoms with Crippen molar-refractivity contribution in [2.24, 2.45) is 0 Å². The summed E-state index contributed by atoms with van der Waals surface area (Å²) in [6.45, 7) is 0. The Morgan fingerprint density at radius 3 is 2.14 bits per heavy atom. The Morgan fingerprint density at radius 1 is 1.14 bits per heavy atom. The summed E-state index contributed by atoms with van der Waals surface area (Å²) in [7, 11) is 8.19. The van der Waals surface area contributed by atoms with Crippen molar-refractivity contribution in [3.63, 3.8) is 0 Å². The van der Waals surface area contributed by atoms with E-state index in [0.717, 1.165) is 5.01 Å². The number of hydrogen-bond acceptors (Lipinski definition) is 6. The Kier molecular flexibility index (Phi) is 2.54. The molecule has 1 aromatic rings. The summed E-state index contributed by atoms with van der Waals surface area (Å²) >= 11 is 1.68. The van der Waals surface area contributed by atoms with E-state index in [1.165, 1.54) is 0 Å². The van der Waals surface area contributed by atoms with E-state index in [1.807, 2.05) is 25.7 Å². The van der Waals surface area contributed by atoms with Crippen molar-refractivity contribution >= 4 is 11.3 Å². The van der Waals surface area contributed by atoms with Gasteiger partial charge in [-0.2, -0.15) is 10.2 Å². The molecule has 2 heterocycles. The lowest BCUT2D eigenvalue weighted by Crippen LogP contribution is -2.39. The first-order valence-electron chi connectivity index (χ1n) is 4.45. The quantitative estimate of drug-likeness (QED) is 0.681. The molecule has 0 radical (unpaired) electrons. The van der Waals surface area contributed by atoms with E-state index < -0.39 is 0 Å². The van der Waals surface area contributed by atoms with E-state index in [4.69, 9.17) is 0 Å².